The lowest BCUT2D eigenvalue weighted by molar-refractivity contribution is -0.137. The minimum atomic E-state index is -0.833. The molecule has 16 heavy (non-hydrogen) atoms. The Labute approximate surface area is 95.4 Å². The van der Waals surface area contributed by atoms with Gasteiger partial charge in [0, 0.05) is 24.9 Å². The molecule has 1 rings (SSSR count). The van der Waals surface area contributed by atoms with E-state index in [2.05, 4.69) is 5.32 Å². The molecule has 1 aliphatic carbocycles. The predicted octanol–water partition coefficient (Wildman–Crippen LogP) is 0.629. The highest BCUT2D eigenvalue weighted by atomic mass is 16.4. The first-order chi connectivity index (χ1) is 7.52. The lowest BCUT2D eigenvalue weighted by Gasteiger charge is -2.22. The fourth-order valence-electron chi connectivity index (χ4n) is 2.11. The SMILES string of the molecule is NC1(CC(=O)NCCCC(=O)O)CCCC1. The number of carbonyl (C=O) groups excluding carboxylic acids is 1. The lowest BCUT2D eigenvalue weighted by Crippen LogP contribution is -2.42. The van der Waals surface area contributed by atoms with Crippen molar-refractivity contribution in [2.24, 2.45) is 5.73 Å². The molecule has 4 N–H and O–H groups in total. The lowest BCUT2D eigenvalue weighted by atomic mass is 9.94. The van der Waals surface area contributed by atoms with Crippen molar-refractivity contribution >= 4 is 11.9 Å². The van der Waals surface area contributed by atoms with E-state index in [-0.39, 0.29) is 17.9 Å². The van der Waals surface area contributed by atoms with Gasteiger partial charge >= 0.3 is 5.97 Å². The molecule has 5 heteroatoms. The van der Waals surface area contributed by atoms with Gasteiger partial charge in [0.15, 0.2) is 0 Å². The maximum absolute atomic E-state index is 11.5. The summed E-state index contributed by atoms with van der Waals surface area (Å²) in [5.41, 5.74) is 5.73. The van der Waals surface area contributed by atoms with Gasteiger partial charge in [-0.3, -0.25) is 9.59 Å². The van der Waals surface area contributed by atoms with Gasteiger partial charge in [-0.15, -0.1) is 0 Å². The predicted molar refractivity (Wildman–Crippen MR) is 59.9 cm³/mol. The summed E-state index contributed by atoms with van der Waals surface area (Å²) in [6.07, 6.45) is 4.95. The maximum atomic E-state index is 11.5. The molecule has 0 bridgehead atoms. The monoisotopic (exact) mass is 228 g/mol. The van der Waals surface area contributed by atoms with E-state index in [0.29, 0.717) is 19.4 Å². The highest BCUT2D eigenvalue weighted by Gasteiger charge is 2.31. The third-order valence-electron chi connectivity index (χ3n) is 3.00. The number of amides is 1. The van der Waals surface area contributed by atoms with E-state index in [0.717, 1.165) is 25.7 Å². The topological polar surface area (TPSA) is 92.4 Å². The van der Waals surface area contributed by atoms with Gasteiger partial charge in [-0.05, 0) is 19.3 Å². The number of nitrogens with one attached hydrogen (secondary N) is 1. The molecule has 1 amide bonds. The summed E-state index contributed by atoms with van der Waals surface area (Å²) < 4.78 is 0. The van der Waals surface area contributed by atoms with Crippen LogP contribution in [0.3, 0.4) is 0 Å². The summed E-state index contributed by atoms with van der Waals surface area (Å²) in [6, 6.07) is 0. The van der Waals surface area contributed by atoms with Crippen LogP contribution in [0.1, 0.15) is 44.9 Å². The van der Waals surface area contributed by atoms with E-state index in [9.17, 15) is 9.59 Å². The van der Waals surface area contributed by atoms with Crippen LogP contribution in [0.15, 0.2) is 0 Å². The fraction of sp³-hybridized carbons (Fsp3) is 0.818. The van der Waals surface area contributed by atoms with Crippen molar-refractivity contribution in [1.82, 2.24) is 5.32 Å². The van der Waals surface area contributed by atoms with Crippen molar-refractivity contribution in [3.05, 3.63) is 0 Å². The zero-order valence-corrected chi connectivity index (χ0v) is 9.50. The van der Waals surface area contributed by atoms with Crippen molar-refractivity contribution < 1.29 is 14.7 Å². The molecule has 0 saturated heterocycles. The molecule has 1 saturated carbocycles. The third kappa shape index (κ3) is 4.61. The Kier molecular flexibility index (Phi) is 4.73. The smallest absolute Gasteiger partial charge is 0.303 e. The van der Waals surface area contributed by atoms with Gasteiger partial charge in [0.2, 0.25) is 5.91 Å². The molecule has 0 aromatic rings. The summed E-state index contributed by atoms with van der Waals surface area (Å²) in [6.45, 7) is 0.418. The third-order valence-corrected chi connectivity index (χ3v) is 3.00. The first kappa shape index (κ1) is 13.0. The van der Waals surface area contributed by atoms with E-state index in [1.54, 1.807) is 0 Å². The second kappa shape index (κ2) is 5.84. The number of carboxylic acid groups (broad SMARTS) is 1. The molecule has 0 radical (unpaired) electrons. The second-order valence-corrected chi connectivity index (χ2v) is 4.59. The van der Waals surface area contributed by atoms with Crippen LogP contribution in [-0.4, -0.2) is 29.1 Å². The molecule has 1 aliphatic rings. The van der Waals surface area contributed by atoms with Crippen molar-refractivity contribution in [3.63, 3.8) is 0 Å². The summed E-state index contributed by atoms with van der Waals surface area (Å²) in [7, 11) is 0. The molecule has 0 heterocycles. The Morgan fingerprint density at radius 1 is 1.31 bits per heavy atom. The van der Waals surface area contributed by atoms with Crippen LogP contribution in [0.4, 0.5) is 0 Å². The number of rotatable bonds is 6. The highest BCUT2D eigenvalue weighted by molar-refractivity contribution is 5.77. The van der Waals surface area contributed by atoms with E-state index in [1.807, 2.05) is 0 Å². The maximum Gasteiger partial charge on any atom is 0.303 e. The van der Waals surface area contributed by atoms with Crippen molar-refractivity contribution in [2.45, 2.75) is 50.5 Å². The average Bonchev–Trinajstić information content (AvgIpc) is 2.59. The fourth-order valence-corrected chi connectivity index (χ4v) is 2.11. The van der Waals surface area contributed by atoms with Gasteiger partial charge < -0.3 is 16.2 Å². The molecule has 0 spiro atoms. The number of carboxylic acids is 1. The summed E-state index contributed by atoms with van der Waals surface area (Å²) in [5.74, 6) is -0.893. The van der Waals surface area contributed by atoms with Crippen LogP contribution in [0.5, 0.6) is 0 Å². The summed E-state index contributed by atoms with van der Waals surface area (Å²) in [5, 5.41) is 11.1. The Balaban J connectivity index is 2.13. The van der Waals surface area contributed by atoms with Gasteiger partial charge in [0.05, 0.1) is 0 Å². The number of carbonyl (C=O) groups is 2. The molecule has 0 aromatic carbocycles. The molecule has 5 nitrogen and oxygen atoms in total. The van der Waals surface area contributed by atoms with Crippen molar-refractivity contribution in [1.29, 1.82) is 0 Å². The Morgan fingerprint density at radius 3 is 2.50 bits per heavy atom. The van der Waals surface area contributed by atoms with E-state index < -0.39 is 5.97 Å². The van der Waals surface area contributed by atoms with Crippen LogP contribution in [0.25, 0.3) is 0 Å². The molecular weight excluding hydrogens is 208 g/mol. The first-order valence-electron chi connectivity index (χ1n) is 5.79. The summed E-state index contributed by atoms with van der Waals surface area (Å²) in [4.78, 5) is 21.8. The largest absolute Gasteiger partial charge is 0.481 e. The van der Waals surface area contributed by atoms with Crippen molar-refractivity contribution in [3.8, 4) is 0 Å². The molecule has 0 aliphatic heterocycles. The minimum absolute atomic E-state index is 0.0604. The van der Waals surface area contributed by atoms with Crippen LogP contribution >= 0.6 is 0 Å². The molecule has 0 atom stereocenters. The summed E-state index contributed by atoms with van der Waals surface area (Å²) >= 11 is 0. The quantitative estimate of drug-likeness (QED) is 0.581. The normalized spacial score (nSPS) is 18.3. The molecular formula is C11H20N2O3. The molecule has 1 fully saturated rings. The van der Waals surface area contributed by atoms with Crippen LogP contribution < -0.4 is 11.1 Å². The van der Waals surface area contributed by atoms with E-state index >= 15 is 0 Å². The number of aliphatic carboxylic acids is 1. The highest BCUT2D eigenvalue weighted by Crippen LogP contribution is 2.29. The van der Waals surface area contributed by atoms with Crippen molar-refractivity contribution in [2.75, 3.05) is 6.54 Å². The number of hydrogen-bond donors (Lipinski definition) is 3. The zero-order chi connectivity index (χ0) is 12.0. The zero-order valence-electron chi connectivity index (χ0n) is 9.50. The van der Waals surface area contributed by atoms with Crippen LogP contribution in [-0.2, 0) is 9.59 Å². The standard InChI is InChI=1S/C11H20N2O3/c12-11(5-1-2-6-11)8-9(14)13-7-3-4-10(15)16/h1-8,12H2,(H,13,14)(H,15,16). The molecule has 0 unspecified atom stereocenters. The second-order valence-electron chi connectivity index (χ2n) is 4.59. The average molecular weight is 228 g/mol. The molecule has 92 valence electrons. The van der Waals surface area contributed by atoms with Crippen LogP contribution in [0, 0.1) is 0 Å². The Bertz CT molecular complexity index is 260. The van der Waals surface area contributed by atoms with Gasteiger partial charge in [-0.1, -0.05) is 12.8 Å². The molecule has 0 aromatic heterocycles. The number of nitrogens with two attached hydrogens (primary N) is 1. The van der Waals surface area contributed by atoms with E-state index in [4.69, 9.17) is 10.8 Å². The Morgan fingerprint density at radius 2 is 1.94 bits per heavy atom. The van der Waals surface area contributed by atoms with Gasteiger partial charge in [-0.2, -0.15) is 0 Å². The number of hydrogen-bond acceptors (Lipinski definition) is 3. The van der Waals surface area contributed by atoms with Gasteiger partial charge in [0.1, 0.15) is 0 Å². The minimum Gasteiger partial charge on any atom is -0.481 e. The Hall–Kier alpha value is -1.10. The first-order valence-corrected chi connectivity index (χ1v) is 5.79. The van der Waals surface area contributed by atoms with E-state index in [1.165, 1.54) is 0 Å². The van der Waals surface area contributed by atoms with Gasteiger partial charge in [0.25, 0.3) is 0 Å². The van der Waals surface area contributed by atoms with Crippen LogP contribution in [0.2, 0.25) is 0 Å². The van der Waals surface area contributed by atoms with Gasteiger partial charge in [-0.25, -0.2) is 0 Å².